The minimum absolute atomic E-state index is 0.0664. The Kier molecular flexibility index (Phi) is 7.29. The highest BCUT2D eigenvalue weighted by Gasteiger charge is 2.21. The fourth-order valence-corrected chi connectivity index (χ4v) is 3.03. The van der Waals surface area contributed by atoms with Crippen molar-refractivity contribution in [1.29, 1.82) is 0 Å². The molecule has 0 aliphatic heterocycles. The minimum Gasteiger partial charge on any atom is -0.326 e. The molecule has 4 nitrogen and oxygen atoms in total. The van der Waals surface area contributed by atoms with E-state index in [0.29, 0.717) is 17.0 Å². The van der Waals surface area contributed by atoms with Crippen LogP contribution in [-0.4, -0.2) is 17.6 Å². The Bertz CT molecular complexity index is 886. The lowest BCUT2D eigenvalue weighted by molar-refractivity contribution is -0.118. The average molecular weight is 428 g/mol. The SMILES string of the molecule is CC(C)(C)CC(=O)Nc1ccc(SCC(=O)Nc2c(F)c(F)cc(F)c2F)cc1. The van der Waals surface area contributed by atoms with Gasteiger partial charge in [0.2, 0.25) is 11.8 Å². The molecule has 0 saturated heterocycles. The molecule has 0 spiro atoms. The number of hydrogen-bond acceptors (Lipinski definition) is 3. The first kappa shape index (κ1) is 22.7. The van der Waals surface area contributed by atoms with Gasteiger partial charge in [0.1, 0.15) is 5.69 Å². The summed E-state index contributed by atoms with van der Waals surface area (Å²) in [6, 6.07) is 6.70. The molecular formula is C20H20F4N2O2S. The molecule has 0 unspecified atom stereocenters. The summed E-state index contributed by atoms with van der Waals surface area (Å²) in [4.78, 5) is 24.5. The standard InChI is InChI=1S/C20H20F4N2O2S/c1-20(2,3)9-15(27)25-11-4-6-12(7-5-11)29-10-16(28)26-19-17(23)13(21)8-14(22)18(19)24/h4-8H,9-10H2,1-3H3,(H,25,27)(H,26,28). The van der Waals surface area contributed by atoms with Crippen molar-refractivity contribution in [3.63, 3.8) is 0 Å². The van der Waals surface area contributed by atoms with Gasteiger partial charge in [-0.3, -0.25) is 9.59 Å². The molecular weight excluding hydrogens is 408 g/mol. The zero-order valence-electron chi connectivity index (χ0n) is 16.0. The molecule has 0 heterocycles. The van der Waals surface area contributed by atoms with Crippen molar-refractivity contribution < 1.29 is 27.2 Å². The second kappa shape index (κ2) is 9.30. The number of rotatable bonds is 6. The van der Waals surface area contributed by atoms with E-state index in [0.717, 1.165) is 11.8 Å². The molecule has 0 saturated carbocycles. The van der Waals surface area contributed by atoms with Gasteiger partial charge in [0.25, 0.3) is 0 Å². The second-order valence-electron chi connectivity index (χ2n) is 7.49. The maximum absolute atomic E-state index is 13.6. The molecule has 2 amide bonds. The van der Waals surface area contributed by atoms with Gasteiger partial charge >= 0.3 is 0 Å². The summed E-state index contributed by atoms with van der Waals surface area (Å²) in [7, 11) is 0. The van der Waals surface area contributed by atoms with Crippen molar-refractivity contribution in [3.05, 3.63) is 53.6 Å². The third-order valence-corrected chi connectivity index (χ3v) is 4.59. The summed E-state index contributed by atoms with van der Waals surface area (Å²) < 4.78 is 53.5. The Morgan fingerprint density at radius 2 is 1.45 bits per heavy atom. The van der Waals surface area contributed by atoms with Gasteiger partial charge in [-0.25, -0.2) is 17.6 Å². The highest BCUT2D eigenvalue weighted by atomic mass is 32.2. The van der Waals surface area contributed by atoms with E-state index in [-0.39, 0.29) is 23.1 Å². The van der Waals surface area contributed by atoms with Gasteiger partial charge in [-0.1, -0.05) is 20.8 Å². The first-order chi connectivity index (χ1) is 13.5. The zero-order valence-corrected chi connectivity index (χ0v) is 16.9. The van der Waals surface area contributed by atoms with Crippen LogP contribution in [0.2, 0.25) is 0 Å². The predicted molar refractivity (Wildman–Crippen MR) is 105 cm³/mol. The molecule has 0 bridgehead atoms. The number of carbonyl (C=O) groups is 2. The van der Waals surface area contributed by atoms with E-state index in [1.807, 2.05) is 26.1 Å². The lowest BCUT2D eigenvalue weighted by atomic mass is 9.92. The summed E-state index contributed by atoms with van der Waals surface area (Å²) in [5, 5.41) is 4.61. The summed E-state index contributed by atoms with van der Waals surface area (Å²) in [6.45, 7) is 5.86. The van der Waals surface area contributed by atoms with Crippen LogP contribution in [-0.2, 0) is 9.59 Å². The van der Waals surface area contributed by atoms with Crippen LogP contribution in [0.15, 0.2) is 35.2 Å². The summed E-state index contributed by atoms with van der Waals surface area (Å²) in [5.74, 6) is -7.74. The largest absolute Gasteiger partial charge is 0.326 e. The van der Waals surface area contributed by atoms with Crippen molar-refractivity contribution in [2.45, 2.75) is 32.1 Å². The molecule has 2 N–H and O–H groups in total. The van der Waals surface area contributed by atoms with Crippen LogP contribution in [0.25, 0.3) is 0 Å². The number of nitrogens with one attached hydrogen (secondary N) is 2. The Hall–Kier alpha value is -2.55. The molecule has 2 aromatic rings. The third kappa shape index (κ3) is 6.77. The highest BCUT2D eigenvalue weighted by molar-refractivity contribution is 8.00. The normalized spacial score (nSPS) is 11.3. The number of benzene rings is 2. The van der Waals surface area contributed by atoms with Crippen LogP contribution in [0, 0.1) is 28.7 Å². The van der Waals surface area contributed by atoms with Crippen molar-refractivity contribution in [1.82, 2.24) is 0 Å². The fourth-order valence-electron chi connectivity index (χ4n) is 2.33. The third-order valence-electron chi connectivity index (χ3n) is 3.58. The van der Waals surface area contributed by atoms with Crippen LogP contribution in [0.1, 0.15) is 27.2 Å². The second-order valence-corrected chi connectivity index (χ2v) is 8.54. The summed E-state index contributed by atoms with van der Waals surface area (Å²) in [6.07, 6.45) is 0.359. The summed E-state index contributed by atoms with van der Waals surface area (Å²) in [5.41, 5.74) is -0.714. The number of carbonyl (C=O) groups excluding carboxylic acids is 2. The van der Waals surface area contributed by atoms with Crippen LogP contribution in [0.4, 0.5) is 28.9 Å². The first-order valence-electron chi connectivity index (χ1n) is 8.62. The van der Waals surface area contributed by atoms with Crippen molar-refractivity contribution in [2.75, 3.05) is 16.4 Å². The van der Waals surface area contributed by atoms with E-state index in [2.05, 4.69) is 5.32 Å². The number of thioether (sulfide) groups is 1. The van der Waals surface area contributed by atoms with Gasteiger partial charge < -0.3 is 10.6 Å². The molecule has 0 aliphatic carbocycles. The smallest absolute Gasteiger partial charge is 0.234 e. The number of anilines is 2. The number of halogens is 4. The van der Waals surface area contributed by atoms with E-state index < -0.39 is 34.9 Å². The van der Waals surface area contributed by atoms with E-state index in [9.17, 15) is 27.2 Å². The van der Waals surface area contributed by atoms with Gasteiger partial charge in [-0.15, -0.1) is 11.8 Å². The maximum atomic E-state index is 13.6. The molecule has 9 heteroatoms. The lowest BCUT2D eigenvalue weighted by Crippen LogP contribution is -2.19. The molecule has 0 fully saturated rings. The van der Waals surface area contributed by atoms with Crippen LogP contribution in [0.5, 0.6) is 0 Å². The van der Waals surface area contributed by atoms with Crippen molar-refractivity contribution >= 4 is 35.0 Å². The fraction of sp³-hybridized carbons (Fsp3) is 0.300. The van der Waals surface area contributed by atoms with Gasteiger partial charge in [-0.2, -0.15) is 0 Å². The Balaban J connectivity index is 1.92. The highest BCUT2D eigenvalue weighted by Crippen LogP contribution is 2.26. The Morgan fingerprint density at radius 1 is 0.897 bits per heavy atom. The molecule has 156 valence electrons. The van der Waals surface area contributed by atoms with Crippen molar-refractivity contribution in [3.8, 4) is 0 Å². The topological polar surface area (TPSA) is 58.2 Å². The molecule has 0 aromatic heterocycles. The molecule has 0 aliphatic rings. The molecule has 29 heavy (non-hydrogen) atoms. The van der Waals surface area contributed by atoms with Gasteiger partial charge in [0, 0.05) is 23.1 Å². The Labute approximate surface area is 170 Å². The number of hydrogen-bond donors (Lipinski definition) is 2. The molecule has 2 aromatic carbocycles. The summed E-state index contributed by atoms with van der Waals surface area (Å²) >= 11 is 1.05. The van der Waals surface area contributed by atoms with Crippen molar-refractivity contribution in [2.24, 2.45) is 5.41 Å². The lowest BCUT2D eigenvalue weighted by Gasteiger charge is -2.17. The first-order valence-corrected chi connectivity index (χ1v) is 9.60. The Morgan fingerprint density at radius 3 is 1.97 bits per heavy atom. The van der Waals surface area contributed by atoms with Crippen LogP contribution in [0.3, 0.4) is 0 Å². The monoisotopic (exact) mass is 428 g/mol. The predicted octanol–water partition coefficient (Wildman–Crippen LogP) is 5.35. The zero-order chi connectivity index (χ0) is 21.8. The average Bonchev–Trinajstić information content (AvgIpc) is 2.61. The van der Waals surface area contributed by atoms with E-state index >= 15 is 0 Å². The van der Waals surface area contributed by atoms with Crippen LogP contribution < -0.4 is 10.6 Å². The van der Waals surface area contributed by atoms with E-state index in [1.54, 1.807) is 24.3 Å². The quantitative estimate of drug-likeness (QED) is 0.371. The minimum atomic E-state index is -1.67. The number of amides is 2. The van der Waals surface area contributed by atoms with Crippen LogP contribution >= 0.6 is 11.8 Å². The van der Waals surface area contributed by atoms with Gasteiger partial charge in [-0.05, 0) is 29.7 Å². The molecule has 2 rings (SSSR count). The molecule has 0 radical (unpaired) electrons. The van der Waals surface area contributed by atoms with Gasteiger partial charge in [0.15, 0.2) is 23.3 Å². The van der Waals surface area contributed by atoms with E-state index in [4.69, 9.17) is 0 Å². The maximum Gasteiger partial charge on any atom is 0.234 e. The van der Waals surface area contributed by atoms with E-state index in [1.165, 1.54) is 0 Å². The molecule has 0 atom stereocenters. The van der Waals surface area contributed by atoms with Gasteiger partial charge in [0.05, 0.1) is 5.75 Å².